The van der Waals surface area contributed by atoms with E-state index in [0.29, 0.717) is 17.9 Å². The third kappa shape index (κ3) is 3.65. The highest BCUT2D eigenvalue weighted by Crippen LogP contribution is 2.18. The van der Waals surface area contributed by atoms with Crippen molar-refractivity contribution >= 4 is 15.5 Å². The van der Waals surface area contributed by atoms with Crippen molar-refractivity contribution in [3.63, 3.8) is 0 Å². The van der Waals surface area contributed by atoms with E-state index in [0.717, 1.165) is 22.6 Å². The van der Waals surface area contributed by atoms with Crippen LogP contribution in [0.3, 0.4) is 0 Å². The summed E-state index contributed by atoms with van der Waals surface area (Å²) >= 11 is 0. The Kier molecular flexibility index (Phi) is 4.40. The summed E-state index contributed by atoms with van der Waals surface area (Å²) in [6.07, 6.45) is 5.49. The standard InChI is InChI=1S/C18H19N3O2S/c1-24(22,23)17-5-3-2-4-15(17)13-21-11-10-20-18(21)12-14-6-8-16(19)9-7-14/h2-11H,12-13,19H2,1H3. The molecule has 1 aromatic heterocycles. The number of hydrogen-bond donors (Lipinski definition) is 1. The molecule has 0 fully saturated rings. The van der Waals surface area contributed by atoms with Crippen LogP contribution < -0.4 is 5.73 Å². The first-order valence-corrected chi connectivity index (χ1v) is 9.45. The predicted octanol–water partition coefficient (Wildman–Crippen LogP) is 2.51. The van der Waals surface area contributed by atoms with E-state index in [1.807, 2.05) is 47.2 Å². The fourth-order valence-electron chi connectivity index (χ4n) is 2.65. The maximum absolute atomic E-state index is 12.0. The van der Waals surface area contributed by atoms with Crippen LogP contribution in [0.4, 0.5) is 5.69 Å². The van der Waals surface area contributed by atoms with Gasteiger partial charge in [0.2, 0.25) is 0 Å². The second-order valence-electron chi connectivity index (χ2n) is 5.77. The van der Waals surface area contributed by atoms with Gasteiger partial charge in [-0.3, -0.25) is 0 Å². The molecule has 24 heavy (non-hydrogen) atoms. The number of nitrogen functional groups attached to an aromatic ring is 1. The van der Waals surface area contributed by atoms with Crippen LogP contribution in [-0.4, -0.2) is 24.2 Å². The molecule has 3 rings (SSSR count). The van der Waals surface area contributed by atoms with Crippen molar-refractivity contribution < 1.29 is 8.42 Å². The van der Waals surface area contributed by atoms with Crippen molar-refractivity contribution in [1.29, 1.82) is 0 Å². The van der Waals surface area contributed by atoms with E-state index < -0.39 is 9.84 Å². The molecule has 1 heterocycles. The third-order valence-electron chi connectivity index (χ3n) is 3.86. The largest absolute Gasteiger partial charge is 0.399 e. The number of anilines is 1. The lowest BCUT2D eigenvalue weighted by atomic mass is 10.1. The van der Waals surface area contributed by atoms with Crippen molar-refractivity contribution in [2.45, 2.75) is 17.9 Å². The molecule has 0 aliphatic heterocycles. The van der Waals surface area contributed by atoms with Crippen LogP contribution in [0.2, 0.25) is 0 Å². The molecule has 0 saturated carbocycles. The second-order valence-corrected chi connectivity index (χ2v) is 7.75. The van der Waals surface area contributed by atoms with Gasteiger partial charge in [-0.15, -0.1) is 0 Å². The van der Waals surface area contributed by atoms with E-state index in [-0.39, 0.29) is 0 Å². The Morgan fingerprint density at radius 3 is 2.50 bits per heavy atom. The lowest BCUT2D eigenvalue weighted by Crippen LogP contribution is -2.09. The summed E-state index contributed by atoms with van der Waals surface area (Å²) in [6, 6.07) is 14.7. The highest BCUT2D eigenvalue weighted by molar-refractivity contribution is 7.90. The molecule has 0 amide bonds. The molecule has 2 N–H and O–H groups in total. The van der Waals surface area contributed by atoms with Crippen molar-refractivity contribution in [2.24, 2.45) is 0 Å². The number of sulfone groups is 1. The molecule has 2 aromatic carbocycles. The monoisotopic (exact) mass is 341 g/mol. The summed E-state index contributed by atoms with van der Waals surface area (Å²) < 4.78 is 25.9. The number of aromatic nitrogens is 2. The third-order valence-corrected chi connectivity index (χ3v) is 5.05. The van der Waals surface area contributed by atoms with Gasteiger partial charge in [-0.25, -0.2) is 13.4 Å². The van der Waals surface area contributed by atoms with E-state index in [1.165, 1.54) is 6.26 Å². The molecule has 5 nitrogen and oxygen atoms in total. The molecule has 0 spiro atoms. The Morgan fingerprint density at radius 1 is 1.08 bits per heavy atom. The van der Waals surface area contributed by atoms with Gasteiger partial charge in [-0.05, 0) is 29.3 Å². The van der Waals surface area contributed by atoms with Crippen molar-refractivity contribution in [2.75, 3.05) is 12.0 Å². The van der Waals surface area contributed by atoms with Crippen LogP contribution in [0.1, 0.15) is 17.0 Å². The number of imidazole rings is 1. The fraction of sp³-hybridized carbons (Fsp3) is 0.167. The second kappa shape index (κ2) is 6.49. The Morgan fingerprint density at radius 2 is 1.79 bits per heavy atom. The molecule has 3 aromatic rings. The minimum absolute atomic E-state index is 0.358. The number of rotatable bonds is 5. The van der Waals surface area contributed by atoms with Gasteiger partial charge in [-0.2, -0.15) is 0 Å². The molecule has 6 heteroatoms. The van der Waals surface area contributed by atoms with Gasteiger partial charge in [0.15, 0.2) is 9.84 Å². The Balaban J connectivity index is 1.88. The van der Waals surface area contributed by atoms with Gasteiger partial charge in [-0.1, -0.05) is 30.3 Å². The van der Waals surface area contributed by atoms with Crippen molar-refractivity contribution in [1.82, 2.24) is 9.55 Å². The molecule has 0 saturated heterocycles. The van der Waals surface area contributed by atoms with E-state index in [9.17, 15) is 8.42 Å². The normalized spacial score (nSPS) is 11.5. The van der Waals surface area contributed by atoms with Gasteiger partial charge < -0.3 is 10.3 Å². The quantitative estimate of drug-likeness (QED) is 0.723. The summed E-state index contributed by atoms with van der Waals surface area (Å²) in [6.45, 7) is 0.466. The summed E-state index contributed by atoms with van der Waals surface area (Å²) in [5.74, 6) is 0.878. The Labute approximate surface area is 141 Å². The van der Waals surface area contributed by atoms with E-state index >= 15 is 0 Å². The van der Waals surface area contributed by atoms with Crippen LogP contribution >= 0.6 is 0 Å². The lowest BCUT2D eigenvalue weighted by Gasteiger charge is -2.11. The SMILES string of the molecule is CS(=O)(=O)c1ccccc1Cn1ccnc1Cc1ccc(N)cc1. The predicted molar refractivity (Wildman–Crippen MR) is 94.5 cm³/mol. The number of hydrogen-bond acceptors (Lipinski definition) is 4. The Hall–Kier alpha value is -2.60. The molecular formula is C18H19N3O2S. The van der Waals surface area contributed by atoms with Crippen LogP contribution in [0.25, 0.3) is 0 Å². The maximum atomic E-state index is 12.0. The zero-order valence-corrected chi connectivity index (χ0v) is 14.2. The highest BCUT2D eigenvalue weighted by Gasteiger charge is 2.14. The molecule has 0 unspecified atom stereocenters. The van der Waals surface area contributed by atoms with Crippen LogP contribution in [0.15, 0.2) is 65.8 Å². The first kappa shape index (κ1) is 16.3. The number of benzene rings is 2. The summed E-state index contributed by atoms with van der Waals surface area (Å²) in [4.78, 5) is 4.76. The fourth-order valence-corrected chi connectivity index (χ4v) is 3.58. The summed E-state index contributed by atoms with van der Waals surface area (Å²) in [7, 11) is -3.26. The smallest absolute Gasteiger partial charge is 0.175 e. The maximum Gasteiger partial charge on any atom is 0.175 e. The highest BCUT2D eigenvalue weighted by atomic mass is 32.2. The molecule has 124 valence electrons. The molecular weight excluding hydrogens is 322 g/mol. The van der Waals surface area contributed by atoms with Gasteiger partial charge in [0.25, 0.3) is 0 Å². The average molecular weight is 341 g/mol. The Bertz CT molecular complexity index is 944. The molecule has 0 aliphatic rings. The topological polar surface area (TPSA) is 78.0 Å². The van der Waals surface area contributed by atoms with Crippen LogP contribution in [0, 0.1) is 0 Å². The van der Waals surface area contributed by atoms with E-state index in [2.05, 4.69) is 4.98 Å². The number of nitrogens with two attached hydrogens (primary N) is 1. The van der Waals surface area contributed by atoms with Gasteiger partial charge in [0, 0.05) is 30.8 Å². The van der Waals surface area contributed by atoms with E-state index in [1.54, 1.807) is 18.3 Å². The zero-order chi connectivity index (χ0) is 17.2. The molecule has 0 aliphatic carbocycles. The minimum Gasteiger partial charge on any atom is -0.399 e. The summed E-state index contributed by atoms with van der Waals surface area (Å²) in [5, 5.41) is 0. The van der Waals surface area contributed by atoms with Crippen LogP contribution in [0.5, 0.6) is 0 Å². The molecule has 0 atom stereocenters. The summed E-state index contributed by atoms with van der Waals surface area (Å²) in [5.41, 5.74) is 8.30. The van der Waals surface area contributed by atoms with Gasteiger partial charge >= 0.3 is 0 Å². The van der Waals surface area contributed by atoms with Gasteiger partial charge in [0.05, 0.1) is 11.4 Å². The van der Waals surface area contributed by atoms with Crippen molar-refractivity contribution in [3.8, 4) is 0 Å². The zero-order valence-electron chi connectivity index (χ0n) is 13.4. The first-order chi connectivity index (χ1) is 11.4. The van der Waals surface area contributed by atoms with Crippen molar-refractivity contribution in [3.05, 3.63) is 77.9 Å². The van der Waals surface area contributed by atoms with E-state index in [4.69, 9.17) is 5.73 Å². The number of nitrogens with zero attached hydrogens (tertiary/aromatic N) is 2. The minimum atomic E-state index is -3.26. The molecule has 0 radical (unpaired) electrons. The average Bonchev–Trinajstić information content (AvgIpc) is 2.96. The molecule has 0 bridgehead atoms. The lowest BCUT2D eigenvalue weighted by molar-refractivity contribution is 0.599. The van der Waals surface area contributed by atoms with Crippen LogP contribution in [-0.2, 0) is 22.8 Å². The van der Waals surface area contributed by atoms with Gasteiger partial charge in [0.1, 0.15) is 5.82 Å². The first-order valence-electron chi connectivity index (χ1n) is 7.56.